The summed E-state index contributed by atoms with van der Waals surface area (Å²) >= 11 is 0. The third kappa shape index (κ3) is 4.30. The molecule has 180 valence electrons. The van der Waals surface area contributed by atoms with Crippen LogP contribution in [0.2, 0.25) is 0 Å². The molecule has 4 heterocycles. The van der Waals surface area contributed by atoms with Crippen LogP contribution in [0.4, 0.5) is 30.5 Å². The molecule has 0 amide bonds. The lowest BCUT2D eigenvalue weighted by Crippen LogP contribution is -2.44. The second-order valence-corrected chi connectivity index (χ2v) is 8.06. The number of fused-ring (bicyclic) bond motifs is 1. The van der Waals surface area contributed by atoms with Gasteiger partial charge >= 0.3 is 0 Å². The summed E-state index contributed by atoms with van der Waals surface area (Å²) in [6.07, 6.45) is 4.75. The molecule has 0 atom stereocenters. The molecule has 5 rings (SSSR count). The first kappa shape index (κ1) is 22.8. The van der Waals surface area contributed by atoms with Crippen molar-refractivity contribution in [2.45, 2.75) is 6.92 Å². The maximum absolute atomic E-state index is 14.4. The maximum atomic E-state index is 14.4. The van der Waals surface area contributed by atoms with E-state index in [2.05, 4.69) is 30.5 Å². The Bertz CT molecular complexity index is 1410. The first-order valence-corrected chi connectivity index (χ1v) is 11.0. The first-order valence-electron chi connectivity index (χ1n) is 11.0. The molecule has 0 spiro atoms. The number of nitrogens with one attached hydrogen (secondary N) is 2. The predicted molar refractivity (Wildman–Crippen MR) is 127 cm³/mol. The number of piperazine rings is 1. The highest BCUT2D eigenvalue weighted by molar-refractivity contribution is 5.95. The summed E-state index contributed by atoms with van der Waals surface area (Å²) < 4.78 is 47.9. The molecule has 0 unspecified atom stereocenters. The van der Waals surface area contributed by atoms with Gasteiger partial charge in [-0.05, 0) is 19.1 Å². The largest absolute Gasteiger partial charge is 0.494 e. The Morgan fingerprint density at radius 3 is 2.63 bits per heavy atom. The number of ether oxygens (including phenoxy) is 1. The lowest BCUT2D eigenvalue weighted by Gasteiger charge is -2.29. The number of nitrogens with zero attached hydrogens (tertiary/aromatic N) is 5. The molecule has 4 aromatic rings. The van der Waals surface area contributed by atoms with Crippen molar-refractivity contribution in [2.75, 3.05) is 43.5 Å². The van der Waals surface area contributed by atoms with Crippen LogP contribution >= 0.6 is 0 Å². The van der Waals surface area contributed by atoms with Crippen molar-refractivity contribution >= 4 is 28.2 Å². The highest BCUT2D eigenvalue weighted by Gasteiger charge is 2.21. The van der Waals surface area contributed by atoms with Gasteiger partial charge in [-0.25, -0.2) is 28.1 Å². The topological polar surface area (TPSA) is 88.1 Å². The fourth-order valence-corrected chi connectivity index (χ4v) is 3.98. The molecule has 3 aromatic heterocycles. The second-order valence-electron chi connectivity index (χ2n) is 8.06. The van der Waals surface area contributed by atoms with E-state index in [1.54, 1.807) is 31.6 Å². The number of anilines is 3. The maximum Gasteiger partial charge on any atom is 0.182 e. The van der Waals surface area contributed by atoms with E-state index in [4.69, 9.17) is 9.72 Å². The highest BCUT2D eigenvalue weighted by atomic mass is 19.2. The number of hydrogen-bond donors (Lipinski definition) is 2. The molecule has 2 N–H and O–H groups in total. The van der Waals surface area contributed by atoms with Gasteiger partial charge in [0, 0.05) is 49.6 Å². The van der Waals surface area contributed by atoms with Gasteiger partial charge in [0.05, 0.1) is 36.1 Å². The monoisotopic (exact) mass is 481 g/mol. The van der Waals surface area contributed by atoms with E-state index in [1.165, 1.54) is 13.1 Å². The fourth-order valence-electron chi connectivity index (χ4n) is 3.98. The minimum absolute atomic E-state index is 0.181. The Hall–Kier alpha value is -3.99. The summed E-state index contributed by atoms with van der Waals surface area (Å²) in [5, 5.41) is 6.73. The smallest absolute Gasteiger partial charge is 0.182 e. The number of halogens is 3. The molecule has 0 radical (unpaired) electrons. The third-order valence-corrected chi connectivity index (χ3v) is 5.86. The van der Waals surface area contributed by atoms with Crippen molar-refractivity contribution in [3.8, 4) is 17.1 Å². The van der Waals surface area contributed by atoms with Gasteiger partial charge in [-0.3, -0.25) is 4.98 Å². The van der Waals surface area contributed by atoms with E-state index in [0.717, 1.165) is 37.6 Å². The van der Waals surface area contributed by atoms with Crippen LogP contribution in [0, 0.1) is 24.4 Å². The number of pyridine rings is 2. The van der Waals surface area contributed by atoms with Crippen LogP contribution in [0.5, 0.6) is 5.75 Å². The van der Waals surface area contributed by atoms with Crippen molar-refractivity contribution in [3.63, 3.8) is 0 Å². The first-order chi connectivity index (χ1) is 17.0. The normalized spacial score (nSPS) is 13.8. The van der Waals surface area contributed by atoms with Gasteiger partial charge in [-0.1, -0.05) is 0 Å². The summed E-state index contributed by atoms with van der Waals surface area (Å²) in [5.74, 6) is -1.43. The molecule has 0 bridgehead atoms. The zero-order valence-corrected chi connectivity index (χ0v) is 19.1. The van der Waals surface area contributed by atoms with E-state index < -0.39 is 17.5 Å². The Morgan fingerprint density at radius 1 is 1.06 bits per heavy atom. The van der Waals surface area contributed by atoms with Gasteiger partial charge in [0.2, 0.25) is 0 Å². The van der Waals surface area contributed by atoms with Crippen LogP contribution in [0.25, 0.3) is 22.3 Å². The third-order valence-electron chi connectivity index (χ3n) is 5.86. The molecule has 1 aliphatic heterocycles. The summed E-state index contributed by atoms with van der Waals surface area (Å²) in [6, 6.07) is 4.19. The second kappa shape index (κ2) is 9.34. The van der Waals surface area contributed by atoms with Crippen LogP contribution in [0.1, 0.15) is 5.56 Å². The molecule has 8 nitrogen and oxygen atoms in total. The Balaban J connectivity index is 1.58. The van der Waals surface area contributed by atoms with Crippen LogP contribution < -0.4 is 20.3 Å². The van der Waals surface area contributed by atoms with E-state index in [9.17, 15) is 13.2 Å². The fraction of sp³-hybridized carbons (Fsp3) is 0.250. The Labute approximate surface area is 199 Å². The zero-order valence-electron chi connectivity index (χ0n) is 19.1. The molecule has 0 aliphatic carbocycles. The van der Waals surface area contributed by atoms with Crippen molar-refractivity contribution in [3.05, 3.63) is 59.8 Å². The van der Waals surface area contributed by atoms with E-state index in [-0.39, 0.29) is 17.1 Å². The van der Waals surface area contributed by atoms with E-state index in [1.807, 2.05) is 0 Å². The number of methoxy groups -OCH3 is 1. The summed E-state index contributed by atoms with van der Waals surface area (Å²) in [6.45, 7) is 4.31. The van der Waals surface area contributed by atoms with Gasteiger partial charge in [0.25, 0.3) is 0 Å². The standard InChI is InChI=1S/C24H22F3N7O/c1-13-15(25)10-16(22(27)21(13)26)31-19-9-14(3-4-30-19)23-32-17-11-29-12-18(35-2)20(17)24(33-23)34-7-5-28-6-8-34/h3-4,9-12,28H,5-8H2,1-2H3,(H,30,31). The number of hydrogen-bond acceptors (Lipinski definition) is 8. The average molecular weight is 481 g/mol. The number of rotatable bonds is 5. The van der Waals surface area contributed by atoms with Crippen LogP contribution in [-0.4, -0.2) is 53.2 Å². The van der Waals surface area contributed by atoms with Gasteiger partial charge < -0.3 is 20.3 Å². The van der Waals surface area contributed by atoms with Gasteiger partial charge in [0.1, 0.15) is 23.2 Å². The quantitative estimate of drug-likeness (QED) is 0.414. The number of aromatic nitrogens is 4. The van der Waals surface area contributed by atoms with Gasteiger partial charge in [-0.15, -0.1) is 0 Å². The van der Waals surface area contributed by atoms with Crippen molar-refractivity contribution in [1.82, 2.24) is 25.3 Å². The highest BCUT2D eigenvalue weighted by Crippen LogP contribution is 2.34. The molecular formula is C24H22F3N7O. The molecule has 0 saturated carbocycles. The molecule has 35 heavy (non-hydrogen) atoms. The molecule has 1 saturated heterocycles. The lowest BCUT2D eigenvalue weighted by atomic mass is 10.1. The molecule has 1 fully saturated rings. The van der Waals surface area contributed by atoms with E-state index >= 15 is 0 Å². The predicted octanol–water partition coefficient (Wildman–Crippen LogP) is 3.97. The Kier molecular flexibility index (Phi) is 6.08. The van der Waals surface area contributed by atoms with E-state index in [0.29, 0.717) is 28.5 Å². The average Bonchev–Trinajstić information content (AvgIpc) is 2.90. The molecule has 1 aromatic carbocycles. The van der Waals surface area contributed by atoms with Crippen LogP contribution in [0.3, 0.4) is 0 Å². The van der Waals surface area contributed by atoms with Crippen LogP contribution in [-0.2, 0) is 0 Å². The zero-order chi connectivity index (χ0) is 24.5. The Morgan fingerprint density at radius 2 is 1.86 bits per heavy atom. The minimum atomic E-state index is -1.25. The van der Waals surface area contributed by atoms with Gasteiger partial charge in [-0.2, -0.15) is 0 Å². The molecule has 1 aliphatic rings. The number of benzene rings is 1. The lowest BCUT2D eigenvalue weighted by molar-refractivity contribution is 0.418. The SMILES string of the molecule is COc1cncc2nc(-c3ccnc(Nc4cc(F)c(C)c(F)c4F)c3)nc(N3CCNCC3)c12. The van der Waals surface area contributed by atoms with Gasteiger partial charge in [0.15, 0.2) is 17.5 Å². The van der Waals surface area contributed by atoms with Crippen LogP contribution in [0.15, 0.2) is 36.8 Å². The molecular weight excluding hydrogens is 459 g/mol. The summed E-state index contributed by atoms with van der Waals surface area (Å²) in [7, 11) is 1.57. The van der Waals surface area contributed by atoms with Crippen molar-refractivity contribution in [2.24, 2.45) is 0 Å². The minimum Gasteiger partial charge on any atom is -0.494 e. The summed E-state index contributed by atoms with van der Waals surface area (Å²) in [4.78, 5) is 20.0. The van der Waals surface area contributed by atoms with Crippen molar-refractivity contribution in [1.29, 1.82) is 0 Å². The van der Waals surface area contributed by atoms with Crippen molar-refractivity contribution < 1.29 is 17.9 Å². The summed E-state index contributed by atoms with van der Waals surface area (Å²) in [5.41, 5.74) is 0.439. The molecule has 11 heteroatoms.